The number of fused-ring (bicyclic) bond motifs is 1. The van der Waals surface area contributed by atoms with Crippen molar-refractivity contribution < 1.29 is 9.90 Å². The summed E-state index contributed by atoms with van der Waals surface area (Å²) in [5.41, 5.74) is 4.49. The molecule has 1 saturated heterocycles. The van der Waals surface area contributed by atoms with Crippen molar-refractivity contribution in [2.45, 2.75) is 19.4 Å². The molecular weight excluding hydrogens is 448 g/mol. The summed E-state index contributed by atoms with van der Waals surface area (Å²) in [7, 11) is 1.99. The smallest absolute Gasteiger partial charge is 0.246 e. The fourth-order valence-electron chi connectivity index (χ4n) is 4.48. The lowest BCUT2D eigenvalue weighted by Gasteiger charge is -2.36. The molecule has 2 heterocycles. The molecule has 0 saturated carbocycles. The minimum Gasteiger partial charge on any atom is -0.386 e. The Bertz CT molecular complexity index is 1370. The SMILES string of the molecule is Cn1c(-c2cc(N3CCN(c4ccc(C(C)(C)O)cc4)C(=O)C3)ccc2Cl)nc2ccccc21. The van der Waals surface area contributed by atoms with Gasteiger partial charge in [-0.15, -0.1) is 0 Å². The summed E-state index contributed by atoms with van der Waals surface area (Å²) < 4.78 is 2.04. The van der Waals surface area contributed by atoms with E-state index in [-0.39, 0.29) is 12.5 Å². The molecule has 4 aromatic rings. The first-order chi connectivity index (χ1) is 16.2. The average Bonchev–Trinajstić information content (AvgIpc) is 3.15. The van der Waals surface area contributed by atoms with Crippen molar-refractivity contribution in [3.63, 3.8) is 0 Å². The average molecular weight is 475 g/mol. The first-order valence-electron chi connectivity index (χ1n) is 11.3. The molecule has 1 aromatic heterocycles. The molecule has 34 heavy (non-hydrogen) atoms. The van der Waals surface area contributed by atoms with E-state index in [0.29, 0.717) is 18.1 Å². The molecule has 0 aliphatic carbocycles. The molecular formula is C27H27ClN4O2. The molecule has 0 atom stereocenters. The fraction of sp³-hybridized carbons (Fsp3) is 0.259. The van der Waals surface area contributed by atoms with Crippen molar-refractivity contribution in [2.24, 2.45) is 7.05 Å². The van der Waals surface area contributed by atoms with Gasteiger partial charge in [0.15, 0.2) is 0 Å². The molecule has 0 radical (unpaired) electrons. The van der Waals surface area contributed by atoms with Crippen molar-refractivity contribution in [1.29, 1.82) is 0 Å². The number of halogens is 1. The number of aromatic nitrogens is 2. The maximum atomic E-state index is 13.0. The molecule has 6 nitrogen and oxygen atoms in total. The highest BCUT2D eigenvalue weighted by molar-refractivity contribution is 6.33. The molecule has 1 amide bonds. The number of aliphatic hydroxyl groups is 1. The number of hydrogen-bond donors (Lipinski definition) is 1. The van der Waals surface area contributed by atoms with Gasteiger partial charge in [-0.25, -0.2) is 4.98 Å². The highest BCUT2D eigenvalue weighted by Gasteiger charge is 2.26. The van der Waals surface area contributed by atoms with E-state index in [1.165, 1.54) is 0 Å². The molecule has 1 fully saturated rings. The van der Waals surface area contributed by atoms with Gasteiger partial charge in [-0.2, -0.15) is 0 Å². The largest absolute Gasteiger partial charge is 0.386 e. The van der Waals surface area contributed by atoms with Crippen molar-refractivity contribution in [3.8, 4) is 11.4 Å². The van der Waals surface area contributed by atoms with Gasteiger partial charge in [0, 0.05) is 37.1 Å². The normalized spacial score (nSPS) is 14.8. The van der Waals surface area contributed by atoms with Crippen LogP contribution in [-0.2, 0) is 17.4 Å². The summed E-state index contributed by atoms with van der Waals surface area (Å²) in [6.45, 7) is 5.05. The Morgan fingerprint density at radius 1 is 0.971 bits per heavy atom. The number of benzene rings is 3. The number of nitrogens with zero attached hydrogens (tertiary/aromatic N) is 4. The van der Waals surface area contributed by atoms with Gasteiger partial charge in [0.05, 0.1) is 28.2 Å². The lowest BCUT2D eigenvalue weighted by molar-refractivity contribution is -0.117. The highest BCUT2D eigenvalue weighted by atomic mass is 35.5. The second-order valence-electron chi connectivity index (χ2n) is 9.22. The molecule has 1 aliphatic heterocycles. The standard InChI is InChI=1S/C27H27ClN4O2/c1-27(2,34)18-8-10-19(11-9-18)32-15-14-31(17-25(32)33)20-12-13-22(28)21(16-20)26-29-23-6-4-5-7-24(23)30(26)3/h4-13,16,34H,14-15,17H2,1-3H3. The number of piperazine rings is 1. The van der Waals surface area contributed by atoms with Crippen LogP contribution in [0.1, 0.15) is 19.4 Å². The van der Waals surface area contributed by atoms with E-state index >= 15 is 0 Å². The van der Waals surface area contributed by atoms with E-state index < -0.39 is 5.60 Å². The Kier molecular flexibility index (Phi) is 5.58. The second kappa shape index (κ2) is 8.46. The number of carbonyl (C=O) groups is 1. The fourth-order valence-corrected chi connectivity index (χ4v) is 4.69. The van der Waals surface area contributed by atoms with Crippen LogP contribution in [0.2, 0.25) is 5.02 Å². The molecule has 7 heteroatoms. The molecule has 3 aromatic carbocycles. The summed E-state index contributed by atoms with van der Waals surface area (Å²) in [6, 6.07) is 21.4. The van der Waals surface area contributed by atoms with Crippen LogP contribution in [0.4, 0.5) is 11.4 Å². The summed E-state index contributed by atoms with van der Waals surface area (Å²) in [4.78, 5) is 21.7. The summed E-state index contributed by atoms with van der Waals surface area (Å²) in [6.07, 6.45) is 0. The van der Waals surface area contributed by atoms with Crippen LogP contribution in [0, 0.1) is 0 Å². The lowest BCUT2D eigenvalue weighted by atomic mass is 9.98. The number of imidazole rings is 1. The number of para-hydroxylation sites is 2. The van der Waals surface area contributed by atoms with Gasteiger partial charge >= 0.3 is 0 Å². The lowest BCUT2D eigenvalue weighted by Crippen LogP contribution is -2.50. The summed E-state index contributed by atoms with van der Waals surface area (Å²) in [5.74, 6) is 0.825. The number of rotatable bonds is 4. The first-order valence-corrected chi connectivity index (χ1v) is 11.7. The summed E-state index contributed by atoms with van der Waals surface area (Å²) >= 11 is 6.58. The quantitative estimate of drug-likeness (QED) is 0.453. The van der Waals surface area contributed by atoms with E-state index in [1.54, 1.807) is 18.7 Å². The van der Waals surface area contributed by atoms with Gasteiger partial charge in [-0.05, 0) is 61.9 Å². The van der Waals surface area contributed by atoms with Crippen LogP contribution < -0.4 is 9.80 Å². The Labute approximate surface area is 204 Å². The molecule has 0 spiro atoms. The third-order valence-corrected chi connectivity index (χ3v) is 6.78. The molecule has 0 bridgehead atoms. The molecule has 174 valence electrons. The predicted octanol–water partition coefficient (Wildman–Crippen LogP) is 4.97. The van der Waals surface area contributed by atoms with Gasteiger partial charge in [-0.1, -0.05) is 35.9 Å². The Morgan fingerprint density at radius 2 is 1.68 bits per heavy atom. The topological polar surface area (TPSA) is 61.6 Å². The number of anilines is 2. The van der Waals surface area contributed by atoms with Crippen LogP contribution in [0.5, 0.6) is 0 Å². The first kappa shape index (κ1) is 22.4. The number of hydrogen-bond acceptors (Lipinski definition) is 4. The van der Waals surface area contributed by atoms with Gasteiger partial charge < -0.3 is 19.5 Å². The van der Waals surface area contributed by atoms with Crippen LogP contribution in [-0.4, -0.2) is 40.2 Å². The third-order valence-electron chi connectivity index (χ3n) is 6.45. The van der Waals surface area contributed by atoms with Gasteiger partial charge in [0.2, 0.25) is 5.91 Å². The number of carbonyl (C=O) groups excluding carboxylic acids is 1. The van der Waals surface area contributed by atoms with Crippen LogP contribution in [0.15, 0.2) is 66.7 Å². The van der Waals surface area contributed by atoms with E-state index in [2.05, 4.69) is 4.90 Å². The zero-order chi connectivity index (χ0) is 24.0. The van der Waals surface area contributed by atoms with Gasteiger partial charge in [0.25, 0.3) is 0 Å². The highest BCUT2D eigenvalue weighted by Crippen LogP contribution is 2.34. The molecule has 0 unspecified atom stereocenters. The minimum atomic E-state index is -0.910. The third kappa shape index (κ3) is 4.04. The van der Waals surface area contributed by atoms with E-state index in [9.17, 15) is 9.90 Å². The van der Waals surface area contributed by atoms with Crippen molar-refractivity contribution in [3.05, 3.63) is 77.3 Å². The van der Waals surface area contributed by atoms with Crippen molar-refractivity contribution in [2.75, 3.05) is 29.4 Å². The molecule has 1 N–H and O–H groups in total. The Balaban J connectivity index is 1.39. The summed E-state index contributed by atoms with van der Waals surface area (Å²) in [5, 5.41) is 10.8. The number of amides is 1. The Hall–Kier alpha value is -3.35. The van der Waals surface area contributed by atoms with E-state index in [4.69, 9.17) is 16.6 Å². The van der Waals surface area contributed by atoms with Gasteiger partial charge in [0.1, 0.15) is 5.82 Å². The maximum absolute atomic E-state index is 13.0. The monoisotopic (exact) mass is 474 g/mol. The van der Waals surface area contributed by atoms with Gasteiger partial charge in [-0.3, -0.25) is 4.79 Å². The van der Waals surface area contributed by atoms with Crippen LogP contribution in [0.25, 0.3) is 22.4 Å². The number of aryl methyl sites for hydroxylation is 1. The second-order valence-corrected chi connectivity index (χ2v) is 9.63. The van der Waals surface area contributed by atoms with Crippen molar-refractivity contribution in [1.82, 2.24) is 9.55 Å². The van der Waals surface area contributed by atoms with Crippen molar-refractivity contribution >= 4 is 39.9 Å². The molecule has 1 aliphatic rings. The zero-order valence-electron chi connectivity index (χ0n) is 19.5. The predicted molar refractivity (Wildman–Crippen MR) is 137 cm³/mol. The minimum absolute atomic E-state index is 0.0292. The van der Waals surface area contributed by atoms with Crippen LogP contribution in [0.3, 0.4) is 0 Å². The Morgan fingerprint density at radius 3 is 2.35 bits per heavy atom. The van der Waals surface area contributed by atoms with E-state index in [0.717, 1.165) is 39.4 Å². The van der Waals surface area contributed by atoms with E-state index in [1.807, 2.05) is 78.3 Å². The zero-order valence-corrected chi connectivity index (χ0v) is 20.3. The maximum Gasteiger partial charge on any atom is 0.246 e. The molecule has 5 rings (SSSR count). The van der Waals surface area contributed by atoms with Crippen LogP contribution >= 0.6 is 11.6 Å².